The average Bonchev–Trinajstić information content (AvgIpc) is 3.11. The van der Waals surface area contributed by atoms with Crippen LogP contribution in [0.5, 0.6) is 0 Å². The normalized spacial score (nSPS) is 16.4. The maximum Gasteiger partial charge on any atom is 0.252 e. The van der Waals surface area contributed by atoms with E-state index in [-0.39, 0.29) is 17.9 Å². The zero-order valence-corrected chi connectivity index (χ0v) is 21.5. The van der Waals surface area contributed by atoms with Crippen molar-refractivity contribution in [3.63, 3.8) is 0 Å². The van der Waals surface area contributed by atoms with E-state index >= 15 is 0 Å². The quantitative estimate of drug-likeness (QED) is 0.467. The van der Waals surface area contributed by atoms with Crippen LogP contribution in [0.3, 0.4) is 0 Å². The first-order valence-corrected chi connectivity index (χ1v) is 13.0. The Labute approximate surface area is 207 Å². The van der Waals surface area contributed by atoms with E-state index in [1.807, 2.05) is 51.1 Å². The molecule has 182 valence electrons. The summed E-state index contributed by atoms with van der Waals surface area (Å²) in [6.45, 7) is 9.28. The Morgan fingerprint density at radius 1 is 0.857 bits per heavy atom. The maximum atomic E-state index is 14.3. The van der Waals surface area contributed by atoms with Gasteiger partial charge in [-0.3, -0.25) is 9.59 Å². The first-order chi connectivity index (χ1) is 16.5. The Bertz CT molecular complexity index is 1370. The third kappa shape index (κ3) is 4.54. The molecule has 0 radical (unpaired) electrons. The number of sulfonamides is 1. The number of hydrogen-bond donors (Lipinski definition) is 0. The smallest absolute Gasteiger partial charge is 0.252 e. The molecule has 1 heterocycles. The number of nitrogens with zero attached hydrogens (tertiary/aromatic N) is 2. The largest absolute Gasteiger partial charge is 0.274 e. The standard InChI is InChI=1S/C28H30N2O4S/c1-18-11-13-23(14-12-18)17-29(35(33,34)27-21(4)19(2)15-20(3)22(27)5)25-16-26(31)30(28(25)32)24-9-7-6-8-10-24/h6-15,25H,16-17H2,1-5H3. The third-order valence-corrected chi connectivity index (χ3v) is 8.94. The molecule has 1 fully saturated rings. The van der Waals surface area contributed by atoms with Gasteiger partial charge in [-0.25, -0.2) is 13.3 Å². The lowest BCUT2D eigenvalue weighted by atomic mass is 10.0. The number of para-hydroxylation sites is 1. The van der Waals surface area contributed by atoms with Gasteiger partial charge in [0.05, 0.1) is 17.0 Å². The predicted octanol–water partition coefficient (Wildman–Crippen LogP) is 4.75. The number of benzene rings is 3. The Morgan fingerprint density at radius 2 is 1.43 bits per heavy atom. The molecule has 35 heavy (non-hydrogen) atoms. The summed E-state index contributed by atoms with van der Waals surface area (Å²) in [6.07, 6.45) is -0.207. The van der Waals surface area contributed by atoms with Crippen LogP contribution in [0.4, 0.5) is 5.69 Å². The zero-order chi connectivity index (χ0) is 25.5. The van der Waals surface area contributed by atoms with Crippen LogP contribution in [-0.4, -0.2) is 30.6 Å². The van der Waals surface area contributed by atoms with Crippen LogP contribution in [0, 0.1) is 34.6 Å². The number of amides is 2. The van der Waals surface area contributed by atoms with Gasteiger partial charge in [-0.2, -0.15) is 4.31 Å². The second-order valence-corrected chi connectivity index (χ2v) is 11.1. The Hall–Kier alpha value is -3.29. The minimum Gasteiger partial charge on any atom is -0.274 e. The summed E-state index contributed by atoms with van der Waals surface area (Å²) in [5.74, 6) is -0.944. The highest BCUT2D eigenvalue weighted by Crippen LogP contribution is 2.34. The van der Waals surface area contributed by atoms with E-state index in [2.05, 4.69) is 0 Å². The van der Waals surface area contributed by atoms with Crippen molar-refractivity contribution in [2.45, 2.75) is 58.5 Å². The van der Waals surface area contributed by atoms with Gasteiger partial charge in [-0.05, 0) is 74.6 Å². The van der Waals surface area contributed by atoms with Gasteiger partial charge in [0, 0.05) is 6.54 Å². The first kappa shape index (κ1) is 24.8. The number of hydrogen-bond acceptors (Lipinski definition) is 4. The molecular weight excluding hydrogens is 460 g/mol. The Balaban J connectivity index is 1.85. The molecule has 2 amide bonds. The molecule has 0 saturated carbocycles. The zero-order valence-electron chi connectivity index (χ0n) is 20.7. The molecular formula is C28H30N2O4S. The minimum atomic E-state index is -4.13. The molecule has 3 aromatic rings. The SMILES string of the molecule is Cc1ccc(CN(C2CC(=O)N(c3ccccc3)C2=O)S(=O)(=O)c2c(C)c(C)cc(C)c2C)cc1. The van der Waals surface area contributed by atoms with Crippen molar-refractivity contribution in [2.24, 2.45) is 0 Å². The lowest BCUT2D eigenvalue weighted by Gasteiger charge is -2.29. The highest BCUT2D eigenvalue weighted by atomic mass is 32.2. The summed E-state index contributed by atoms with van der Waals surface area (Å²) in [7, 11) is -4.13. The van der Waals surface area contributed by atoms with Crippen LogP contribution in [0.2, 0.25) is 0 Å². The molecule has 6 nitrogen and oxygen atoms in total. The van der Waals surface area contributed by atoms with Gasteiger partial charge in [-0.1, -0.05) is 54.1 Å². The van der Waals surface area contributed by atoms with Crippen LogP contribution >= 0.6 is 0 Å². The lowest BCUT2D eigenvalue weighted by Crippen LogP contribution is -2.45. The molecule has 0 bridgehead atoms. The fourth-order valence-electron chi connectivity index (χ4n) is 4.61. The van der Waals surface area contributed by atoms with Gasteiger partial charge in [0.25, 0.3) is 5.91 Å². The minimum absolute atomic E-state index is 0.0131. The van der Waals surface area contributed by atoms with Crippen LogP contribution in [0.1, 0.15) is 39.8 Å². The van der Waals surface area contributed by atoms with Gasteiger partial charge in [-0.15, -0.1) is 0 Å². The maximum absolute atomic E-state index is 14.3. The van der Waals surface area contributed by atoms with Gasteiger partial charge in [0.1, 0.15) is 6.04 Å². The van der Waals surface area contributed by atoms with E-state index in [0.29, 0.717) is 16.8 Å². The monoisotopic (exact) mass is 490 g/mol. The average molecular weight is 491 g/mol. The molecule has 3 aromatic carbocycles. The molecule has 0 spiro atoms. The van der Waals surface area contributed by atoms with Crippen LogP contribution in [-0.2, 0) is 26.2 Å². The van der Waals surface area contributed by atoms with Crippen molar-refractivity contribution in [2.75, 3.05) is 4.90 Å². The molecule has 1 saturated heterocycles. The van der Waals surface area contributed by atoms with Crippen LogP contribution in [0.25, 0.3) is 0 Å². The summed E-state index contributed by atoms with van der Waals surface area (Å²) in [5, 5.41) is 0. The molecule has 1 unspecified atom stereocenters. The van der Waals surface area contributed by atoms with Gasteiger partial charge < -0.3 is 0 Å². The Morgan fingerprint density at radius 3 is 2.00 bits per heavy atom. The molecule has 7 heteroatoms. The number of imide groups is 1. The van der Waals surface area contributed by atoms with E-state index in [1.165, 1.54) is 4.31 Å². The van der Waals surface area contributed by atoms with Gasteiger partial charge >= 0.3 is 0 Å². The fraction of sp³-hybridized carbons (Fsp3) is 0.286. The lowest BCUT2D eigenvalue weighted by molar-refractivity contribution is -0.122. The van der Waals surface area contributed by atoms with E-state index in [0.717, 1.165) is 27.2 Å². The van der Waals surface area contributed by atoms with Crippen molar-refractivity contribution in [1.82, 2.24) is 4.31 Å². The molecule has 1 atom stereocenters. The van der Waals surface area contributed by atoms with Crippen molar-refractivity contribution >= 4 is 27.5 Å². The highest BCUT2D eigenvalue weighted by molar-refractivity contribution is 7.89. The van der Waals surface area contributed by atoms with Crippen LogP contribution in [0.15, 0.2) is 65.6 Å². The van der Waals surface area contributed by atoms with E-state index in [1.54, 1.807) is 44.2 Å². The summed E-state index contributed by atoms with van der Waals surface area (Å²) in [4.78, 5) is 27.9. The van der Waals surface area contributed by atoms with Gasteiger partial charge in [0.2, 0.25) is 15.9 Å². The summed E-state index contributed by atoms with van der Waals surface area (Å²) in [5.41, 5.74) is 5.26. The van der Waals surface area contributed by atoms with Crippen molar-refractivity contribution in [1.29, 1.82) is 0 Å². The van der Waals surface area contributed by atoms with Crippen LogP contribution < -0.4 is 4.90 Å². The van der Waals surface area contributed by atoms with E-state index in [4.69, 9.17) is 0 Å². The third-order valence-electron chi connectivity index (χ3n) is 6.81. The molecule has 4 rings (SSSR count). The summed E-state index contributed by atoms with van der Waals surface area (Å²) >= 11 is 0. The fourth-order valence-corrected chi connectivity index (χ4v) is 6.76. The summed E-state index contributed by atoms with van der Waals surface area (Å²) in [6, 6.07) is 17.0. The molecule has 1 aliphatic heterocycles. The van der Waals surface area contributed by atoms with Gasteiger partial charge in [0.15, 0.2) is 0 Å². The number of rotatable bonds is 6. The summed E-state index contributed by atoms with van der Waals surface area (Å²) < 4.78 is 29.8. The number of anilines is 1. The Kier molecular flexibility index (Phi) is 6.66. The number of aryl methyl sites for hydroxylation is 3. The predicted molar refractivity (Wildman–Crippen MR) is 137 cm³/mol. The van der Waals surface area contributed by atoms with Crippen molar-refractivity contribution in [3.8, 4) is 0 Å². The first-order valence-electron chi connectivity index (χ1n) is 11.6. The van der Waals surface area contributed by atoms with Crippen molar-refractivity contribution in [3.05, 3.63) is 94.0 Å². The number of carbonyl (C=O) groups is 2. The second-order valence-electron chi connectivity index (χ2n) is 9.25. The molecule has 0 aromatic heterocycles. The molecule has 1 aliphatic rings. The van der Waals surface area contributed by atoms with E-state index in [9.17, 15) is 18.0 Å². The second kappa shape index (κ2) is 9.40. The highest BCUT2D eigenvalue weighted by Gasteiger charge is 2.47. The number of carbonyl (C=O) groups excluding carboxylic acids is 2. The van der Waals surface area contributed by atoms with E-state index < -0.39 is 27.9 Å². The topological polar surface area (TPSA) is 74.8 Å². The molecule has 0 aliphatic carbocycles. The van der Waals surface area contributed by atoms with Crippen molar-refractivity contribution < 1.29 is 18.0 Å². The molecule has 0 N–H and O–H groups in total.